The fourth-order valence-corrected chi connectivity index (χ4v) is 2.36. The molecule has 1 aliphatic rings. The Kier molecular flexibility index (Phi) is 3.26. The minimum Gasteiger partial charge on any atom is -0.326 e. The number of amides is 1. The molecule has 19 heavy (non-hydrogen) atoms. The molecule has 0 saturated heterocycles. The van der Waals surface area contributed by atoms with Gasteiger partial charge < -0.3 is 5.32 Å². The smallest absolute Gasteiger partial charge is 0.326 e. The summed E-state index contributed by atoms with van der Waals surface area (Å²) >= 11 is 11.7. The van der Waals surface area contributed by atoms with Gasteiger partial charge in [0.25, 0.3) is 0 Å². The van der Waals surface area contributed by atoms with E-state index in [9.17, 15) is 18.0 Å². The first-order valence-electron chi connectivity index (χ1n) is 5.43. The third-order valence-corrected chi connectivity index (χ3v) is 4.33. The van der Waals surface area contributed by atoms with Crippen LogP contribution in [0, 0.1) is 5.41 Å². The maximum absolute atomic E-state index is 12.4. The van der Waals surface area contributed by atoms with Crippen LogP contribution in [0.2, 0.25) is 0 Å². The van der Waals surface area contributed by atoms with Gasteiger partial charge in [0.2, 0.25) is 5.91 Å². The molecule has 1 unspecified atom stereocenters. The predicted octanol–water partition coefficient (Wildman–Crippen LogP) is 4.23. The van der Waals surface area contributed by atoms with E-state index >= 15 is 0 Å². The molecule has 7 heteroatoms. The van der Waals surface area contributed by atoms with Crippen LogP contribution in [0.3, 0.4) is 0 Å². The minimum atomic E-state index is -4.40. The van der Waals surface area contributed by atoms with Crippen molar-refractivity contribution >= 4 is 34.8 Å². The van der Waals surface area contributed by atoms with Crippen LogP contribution in [0.15, 0.2) is 24.3 Å². The highest BCUT2D eigenvalue weighted by molar-refractivity contribution is 6.53. The summed E-state index contributed by atoms with van der Waals surface area (Å²) in [6.07, 6.45) is -4.08. The molecule has 2 rings (SSSR count). The molecule has 0 radical (unpaired) electrons. The van der Waals surface area contributed by atoms with Crippen LogP contribution in [-0.4, -0.2) is 10.2 Å². The monoisotopic (exact) mass is 311 g/mol. The first-order chi connectivity index (χ1) is 8.56. The third-order valence-electron chi connectivity index (χ3n) is 3.23. The summed E-state index contributed by atoms with van der Waals surface area (Å²) in [5.74, 6) is -0.405. The van der Waals surface area contributed by atoms with Crippen LogP contribution in [0.4, 0.5) is 18.9 Å². The molecule has 0 aliphatic heterocycles. The van der Waals surface area contributed by atoms with E-state index < -0.39 is 27.4 Å². The van der Waals surface area contributed by atoms with Gasteiger partial charge in [-0.15, -0.1) is 23.2 Å². The number of carbonyl (C=O) groups is 1. The lowest BCUT2D eigenvalue weighted by atomic mass is 10.1. The van der Waals surface area contributed by atoms with Crippen molar-refractivity contribution in [3.05, 3.63) is 29.8 Å². The Hall–Kier alpha value is -0.940. The second kappa shape index (κ2) is 4.28. The van der Waals surface area contributed by atoms with Crippen LogP contribution in [-0.2, 0) is 11.0 Å². The molecule has 1 aliphatic carbocycles. The number of alkyl halides is 5. The summed E-state index contributed by atoms with van der Waals surface area (Å²) in [7, 11) is 0. The molecule has 1 aromatic rings. The van der Waals surface area contributed by atoms with E-state index in [1.54, 1.807) is 6.92 Å². The molecule has 1 N–H and O–H groups in total. The molecule has 0 spiro atoms. The topological polar surface area (TPSA) is 29.1 Å². The van der Waals surface area contributed by atoms with Crippen molar-refractivity contribution in [2.24, 2.45) is 5.41 Å². The number of nitrogens with one attached hydrogen (secondary N) is 1. The van der Waals surface area contributed by atoms with Crippen molar-refractivity contribution in [2.45, 2.75) is 23.9 Å². The number of benzene rings is 1. The lowest BCUT2D eigenvalue weighted by Crippen LogP contribution is -2.25. The summed E-state index contributed by atoms with van der Waals surface area (Å²) in [6.45, 7) is 1.60. The number of carbonyl (C=O) groups excluding carboxylic acids is 1. The van der Waals surface area contributed by atoms with Crippen molar-refractivity contribution < 1.29 is 18.0 Å². The largest absolute Gasteiger partial charge is 0.416 e. The standard InChI is InChI=1S/C12H10Cl2F3NO/c1-10(6-11(10,13)14)9(19)18-8-4-2-7(3-5-8)12(15,16)17/h2-5H,6H2,1H3,(H,18,19). The van der Waals surface area contributed by atoms with Crippen LogP contribution in [0.1, 0.15) is 18.9 Å². The Bertz CT molecular complexity index is 513. The van der Waals surface area contributed by atoms with Crippen molar-refractivity contribution in [3.8, 4) is 0 Å². The molecule has 0 bridgehead atoms. The Morgan fingerprint density at radius 2 is 1.74 bits per heavy atom. The number of hydrogen-bond donors (Lipinski definition) is 1. The summed E-state index contributed by atoms with van der Waals surface area (Å²) in [6, 6.07) is 4.19. The second-order valence-electron chi connectivity index (χ2n) is 4.74. The average Bonchev–Trinajstić information content (AvgIpc) is 2.79. The Balaban J connectivity index is 2.07. The average molecular weight is 312 g/mol. The van der Waals surface area contributed by atoms with Gasteiger partial charge >= 0.3 is 6.18 Å². The fourth-order valence-electron chi connectivity index (χ4n) is 1.66. The highest BCUT2D eigenvalue weighted by atomic mass is 35.5. The van der Waals surface area contributed by atoms with E-state index in [4.69, 9.17) is 23.2 Å². The maximum atomic E-state index is 12.4. The van der Waals surface area contributed by atoms with Gasteiger partial charge in [0.1, 0.15) is 4.33 Å². The first kappa shape index (κ1) is 14.5. The van der Waals surface area contributed by atoms with E-state index in [0.717, 1.165) is 12.1 Å². The maximum Gasteiger partial charge on any atom is 0.416 e. The van der Waals surface area contributed by atoms with Crippen LogP contribution in [0.25, 0.3) is 0 Å². The molecule has 1 amide bonds. The summed E-state index contributed by atoms with van der Waals surface area (Å²) in [5.41, 5.74) is -1.40. The molecule has 104 valence electrons. The van der Waals surface area contributed by atoms with Gasteiger partial charge in [-0.3, -0.25) is 4.79 Å². The van der Waals surface area contributed by atoms with Gasteiger partial charge in [-0.25, -0.2) is 0 Å². The lowest BCUT2D eigenvalue weighted by molar-refractivity contribution is -0.137. The fraction of sp³-hybridized carbons (Fsp3) is 0.417. The zero-order chi connectivity index (χ0) is 14.5. The molecule has 1 fully saturated rings. The van der Waals surface area contributed by atoms with Gasteiger partial charge in [0.05, 0.1) is 11.0 Å². The molecule has 1 atom stereocenters. The third kappa shape index (κ3) is 2.67. The highest BCUT2D eigenvalue weighted by Crippen LogP contribution is 2.64. The molecular formula is C12H10Cl2F3NO. The van der Waals surface area contributed by atoms with E-state index in [1.807, 2.05) is 0 Å². The Morgan fingerprint density at radius 3 is 2.11 bits per heavy atom. The van der Waals surface area contributed by atoms with Crippen molar-refractivity contribution in [1.82, 2.24) is 0 Å². The molecule has 1 aromatic carbocycles. The number of anilines is 1. The van der Waals surface area contributed by atoms with Gasteiger partial charge in [0.15, 0.2) is 0 Å². The summed E-state index contributed by atoms with van der Waals surface area (Å²) in [5, 5.41) is 2.50. The zero-order valence-electron chi connectivity index (χ0n) is 9.81. The van der Waals surface area contributed by atoms with Gasteiger partial charge in [-0.1, -0.05) is 0 Å². The SMILES string of the molecule is CC1(C(=O)Nc2ccc(C(F)(F)F)cc2)CC1(Cl)Cl. The quantitative estimate of drug-likeness (QED) is 0.814. The van der Waals surface area contributed by atoms with E-state index in [-0.39, 0.29) is 5.69 Å². The van der Waals surface area contributed by atoms with Crippen molar-refractivity contribution in [2.75, 3.05) is 5.32 Å². The number of hydrogen-bond acceptors (Lipinski definition) is 1. The predicted molar refractivity (Wildman–Crippen MR) is 67.2 cm³/mol. The lowest BCUT2D eigenvalue weighted by Gasteiger charge is -2.13. The summed E-state index contributed by atoms with van der Waals surface area (Å²) < 4.78 is 36.0. The van der Waals surface area contributed by atoms with E-state index in [1.165, 1.54) is 12.1 Å². The second-order valence-corrected chi connectivity index (χ2v) is 6.23. The number of rotatable bonds is 2. The van der Waals surface area contributed by atoms with Crippen molar-refractivity contribution in [1.29, 1.82) is 0 Å². The van der Waals surface area contributed by atoms with Gasteiger partial charge in [-0.2, -0.15) is 13.2 Å². The molecule has 0 aromatic heterocycles. The van der Waals surface area contributed by atoms with Crippen LogP contribution >= 0.6 is 23.2 Å². The Labute approximate surface area is 117 Å². The van der Waals surface area contributed by atoms with Crippen LogP contribution < -0.4 is 5.32 Å². The minimum absolute atomic E-state index is 0.273. The molecule has 2 nitrogen and oxygen atoms in total. The van der Waals surface area contributed by atoms with Crippen molar-refractivity contribution in [3.63, 3.8) is 0 Å². The first-order valence-corrected chi connectivity index (χ1v) is 6.18. The van der Waals surface area contributed by atoms with E-state index in [0.29, 0.717) is 6.42 Å². The number of halogens is 5. The molecular weight excluding hydrogens is 302 g/mol. The summed E-state index contributed by atoms with van der Waals surface area (Å²) in [4.78, 5) is 11.9. The van der Waals surface area contributed by atoms with E-state index in [2.05, 4.69) is 5.32 Å². The molecule has 0 heterocycles. The van der Waals surface area contributed by atoms with Gasteiger partial charge in [-0.05, 0) is 37.6 Å². The molecule has 1 saturated carbocycles. The zero-order valence-corrected chi connectivity index (χ0v) is 11.3. The highest BCUT2D eigenvalue weighted by Gasteiger charge is 2.67. The normalized spacial score (nSPS) is 24.9. The van der Waals surface area contributed by atoms with Gasteiger partial charge in [0, 0.05) is 5.69 Å². The Morgan fingerprint density at radius 1 is 1.26 bits per heavy atom. The van der Waals surface area contributed by atoms with Crippen LogP contribution in [0.5, 0.6) is 0 Å².